The number of unbranched alkanes of at least 4 members (excludes halogenated alkanes) is 14. The molecule has 182 valence electrons. The SMILES string of the molecule is CCC=CC=C[C@@H](O)[C@H](CC)NC(=O)CCCCCCCCCCCCCCCCC. The minimum Gasteiger partial charge on any atom is -0.387 e. The van der Waals surface area contributed by atoms with Crippen molar-refractivity contribution < 1.29 is 9.90 Å². The molecule has 0 aromatic rings. The lowest BCUT2D eigenvalue weighted by molar-refractivity contribution is -0.122. The van der Waals surface area contributed by atoms with Gasteiger partial charge in [-0.3, -0.25) is 4.79 Å². The first-order chi connectivity index (χ1) is 15.2. The quantitative estimate of drug-likeness (QED) is 0.133. The van der Waals surface area contributed by atoms with Crippen LogP contribution in [-0.4, -0.2) is 23.2 Å². The van der Waals surface area contributed by atoms with E-state index in [2.05, 4.69) is 19.2 Å². The molecule has 2 atom stereocenters. The summed E-state index contributed by atoms with van der Waals surface area (Å²) in [5, 5.41) is 13.2. The van der Waals surface area contributed by atoms with Gasteiger partial charge in [-0.25, -0.2) is 0 Å². The second-order valence-corrected chi connectivity index (χ2v) is 8.99. The summed E-state index contributed by atoms with van der Waals surface area (Å²) in [5.41, 5.74) is 0. The normalized spacial score (nSPS) is 13.8. The number of aliphatic hydroxyl groups is 1. The molecule has 0 saturated heterocycles. The smallest absolute Gasteiger partial charge is 0.220 e. The van der Waals surface area contributed by atoms with Gasteiger partial charge in [0.15, 0.2) is 0 Å². The highest BCUT2D eigenvalue weighted by Gasteiger charge is 2.16. The van der Waals surface area contributed by atoms with Gasteiger partial charge in [-0.2, -0.15) is 0 Å². The Morgan fingerprint density at radius 1 is 0.742 bits per heavy atom. The summed E-state index contributed by atoms with van der Waals surface area (Å²) in [5.74, 6) is 0.0677. The lowest BCUT2D eigenvalue weighted by Crippen LogP contribution is -2.42. The highest BCUT2D eigenvalue weighted by Crippen LogP contribution is 2.14. The van der Waals surface area contributed by atoms with E-state index < -0.39 is 6.10 Å². The predicted octanol–water partition coefficient (Wildman–Crippen LogP) is 8.03. The molecule has 0 rings (SSSR count). The van der Waals surface area contributed by atoms with Crippen LogP contribution in [-0.2, 0) is 4.79 Å². The van der Waals surface area contributed by atoms with E-state index in [4.69, 9.17) is 0 Å². The first kappa shape index (κ1) is 29.9. The Bertz CT molecular complexity index is 444. The van der Waals surface area contributed by atoms with Crippen molar-refractivity contribution in [1.82, 2.24) is 5.32 Å². The molecule has 0 fully saturated rings. The van der Waals surface area contributed by atoms with E-state index >= 15 is 0 Å². The van der Waals surface area contributed by atoms with Gasteiger partial charge in [-0.05, 0) is 19.3 Å². The van der Waals surface area contributed by atoms with Gasteiger partial charge < -0.3 is 10.4 Å². The zero-order valence-corrected chi connectivity index (χ0v) is 21.0. The summed E-state index contributed by atoms with van der Waals surface area (Å²) in [4.78, 5) is 12.2. The summed E-state index contributed by atoms with van der Waals surface area (Å²) in [7, 11) is 0. The van der Waals surface area contributed by atoms with Crippen LogP contribution in [0, 0.1) is 0 Å². The van der Waals surface area contributed by atoms with Crippen molar-refractivity contribution in [1.29, 1.82) is 0 Å². The summed E-state index contributed by atoms with van der Waals surface area (Å²) in [6, 6.07) is -0.199. The topological polar surface area (TPSA) is 49.3 Å². The lowest BCUT2D eigenvalue weighted by Gasteiger charge is -2.20. The van der Waals surface area contributed by atoms with Crippen LogP contribution in [0.5, 0.6) is 0 Å². The Labute approximate surface area is 194 Å². The minimum absolute atomic E-state index is 0.0677. The highest BCUT2D eigenvalue weighted by molar-refractivity contribution is 5.76. The van der Waals surface area contributed by atoms with Crippen LogP contribution in [0.2, 0.25) is 0 Å². The number of carbonyl (C=O) groups excluding carboxylic acids is 1. The Balaban J connectivity index is 3.56. The maximum Gasteiger partial charge on any atom is 0.220 e. The van der Waals surface area contributed by atoms with Crippen molar-refractivity contribution in [3.63, 3.8) is 0 Å². The molecule has 0 aliphatic carbocycles. The number of rotatable bonds is 22. The molecule has 2 N–H and O–H groups in total. The Morgan fingerprint density at radius 2 is 1.23 bits per heavy atom. The average molecular weight is 436 g/mol. The first-order valence-electron chi connectivity index (χ1n) is 13.5. The van der Waals surface area contributed by atoms with Crippen molar-refractivity contribution in [2.75, 3.05) is 0 Å². The molecule has 3 nitrogen and oxygen atoms in total. The molecular weight excluding hydrogens is 382 g/mol. The van der Waals surface area contributed by atoms with Gasteiger partial charge in [0.2, 0.25) is 5.91 Å². The van der Waals surface area contributed by atoms with Crippen LogP contribution in [0.1, 0.15) is 136 Å². The number of amides is 1. The molecule has 0 aromatic heterocycles. The molecule has 0 radical (unpaired) electrons. The second-order valence-electron chi connectivity index (χ2n) is 8.99. The van der Waals surface area contributed by atoms with Crippen LogP contribution in [0.15, 0.2) is 24.3 Å². The van der Waals surface area contributed by atoms with Crippen molar-refractivity contribution in [2.45, 2.75) is 148 Å². The Hall–Kier alpha value is -1.09. The maximum absolute atomic E-state index is 12.2. The standard InChI is InChI=1S/C28H53NO2/c1-4-7-9-11-12-13-14-15-16-17-18-19-20-21-23-25-28(31)29-26(6-3)27(30)24-22-10-8-5-2/h8,10,22,24,26-27,30H,4-7,9,11-21,23,25H2,1-3H3,(H,29,31)/t26-,27+/m0/s1. The van der Waals surface area contributed by atoms with Crippen LogP contribution < -0.4 is 5.32 Å². The molecule has 0 heterocycles. The predicted molar refractivity (Wildman–Crippen MR) is 136 cm³/mol. The van der Waals surface area contributed by atoms with Crippen LogP contribution >= 0.6 is 0 Å². The third kappa shape index (κ3) is 20.6. The van der Waals surface area contributed by atoms with Crippen LogP contribution in [0.3, 0.4) is 0 Å². The van der Waals surface area contributed by atoms with Crippen LogP contribution in [0.25, 0.3) is 0 Å². The zero-order valence-electron chi connectivity index (χ0n) is 21.0. The van der Waals surface area contributed by atoms with Crippen molar-refractivity contribution >= 4 is 5.91 Å². The summed E-state index contributed by atoms with van der Waals surface area (Å²) >= 11 is 0. The molecule has 1 amide bonds. The van der Waals surface area contributed by atoms with E-state index in [0.29, 0.717) is 6.42 Å². The van der Waals surface area contributed by atoms with Crippen LogP contribution in [0.4, 0.5) is 0 Å². The van der Waals surface area contributed by atoms with E-state index in [1.165, 1.54) is 83.5 Å². The van der Waals surface area contributed by atoms with Crippen molar-refractivity contribution in [2.24, 2.45) is 0 Å². The molecule has 0 saturated carbocycles. The minimum atomic E-state index is -0.628. The van der Waals surface area contributed by atoms with E-state index in [1.807, 2.05) is 25.2 Å². The van der Waals surface area contributed by atoms with Crippen molar-refractivity contribution in [3.8, 4) is 0 Å². The fraction of sp³-hybridized carbons (Fsp3) is 0.821. The van der Waals surface area contributed by atoms with Gasteiger partial charge in [0, 0.05) is 6.42 Å². The Kier molecular flexibility index (Phi) is 22.7. The summed E-state index contributed by atoms with van der Waals surface area (Å²) < 4.78 is 0. The van der Waals surface area contributed by atoms with E-state index in [-0.39, 0.29) is 11.9 Å². The van der Waals surface area contributed by atoms with Gasteiger partial charge in [-0.1, -0.05) is 135 Å². The number of allylic oxidation sites excluding steroid dienone is 3. The summed E-state index contributed by atoms with van der Waals surface area (Å²) in [6.07, 6.45) is 29.2. The molecule has 31 heavy (non-hydrogen) atoms. The molecule has 0 aromatic carbocycles. The molecular formula is C28H53NO2. The molecule has 0 unspecified atom stereocenters. The van der Waals surface area contributed by atoms with Crippen molar-refractivity contribution in [3.05, 3.63) is 24.3 Å². The highest BCUT2D eigenvalue weighted by atomic mass is 16.3. The molecule has 0 aliphatic heterocycles. The summed E-state index contributed by atoms with van der Waals surface area (Å²) in [6.45, 7) is 6.35. The van der Waals surface area contributed by atoms with E-state index in [1.54, 1.807) is 6.08 Å². The number of carbonyl (C=O) groups is 1. The number of hydrogen-bond donors (Lipinski definition) is 2. The fourth-order valence-electron chi connectivity index (χ4n) is 3.89. The molecule has 0 spiro atoms. The lowest BCUT2D eigenvalue weighted by atomic mass is 10.0. The second kappa shape index (κ2) is 23.6. The average Bonchev–Trinajstić information content (AvgIpc) is 2.77. The number of hydrogen-bond acceptors (Lipinski definition) is 2. The van der Waals surface area contributed by atoms with Gasteiger partial charge in [0.1, 0.15) is 0 Å². The Morgan fingerprint density at radius 3 is 1.68 bits per heavy atom. The molecule has 0 aliphatic rings. The van der Waals surface area contributed by atoms with Gasteiger partial charge in [-0.15, -0.1) is 0 Å². The monoisotopic (exact) mass is 435 g/mol. The van der Waals surface area contributed by atoms with E-state index in [0.717, 1.165) is 25.7 Å². The van der Waals surface area contributed by atoms with Gasteiger partial charge in [0.05, 0.1) is 12.1 Å². The largest absolute Gasteiger partial charge is 0.387 e. The fourth-order valence-corrected chi connectivity index (χ4v) is 3.89. The van der Waals surface area contributed by atoms with E-state index in [9.17, 15) is 9.90 Å². The van der Waals surface area contributed by atoms with Gasteiger partial charge >= 0.3 is 0 Å². The molecule has 0 bridgehead atoms. The zero-order chi connectivity index (χ0) is 23.0. The number of aliphatic hydroxyl groups excluding tert-OH is 1. The third-order valence-corrected chi connectivity index (χ3v) is 6.00. The maximum atomic E-state index is 12.2. The third-order valence-electron chi connectivity index (χ3n) is 6.00. The van der Waals surface area contributed by atoms with Gasteiger partial charge in [0.25, 0.3) is 0 Å². The first-order valence-corrected chi connectivity index (χ1v) is 13.5. The molecule has 3 heteroatoms. The number of nitrogens with one attached hydrogen (secondary N) is 1.